The summed E-state index contributed by atoms with van der Waals surface area (Å²) in [6, 6.07) is 6.61. The molecule has 0 unspecified atom stereocenters. The molecule has 3 aromatic heterocycles. The van der Waals surface area contributed by atoms with Gasteiger partial charge in [-0.1, -0.05) is 0 Å². The van der Waals surface area contributed by atoms with Gasteiger partial charge in [-0.15, -0.1) is 0 Å². The second-order valence-corrected chi connectivity index (χ2v) is 11.7. The molecule has 2 N–H and O–H groups in total. The van der Waals surface area contributed by atoms with Crippen molar-refractivity contribution >= 4 is 21.7 Å². The summed E-state index contributed by atoms with van der Waals surface area (Å²) in [7, 11) is -3.67. The van der Waals surface area contributed by atoms with Crippen molar-refractivity contribution in [3.63, 3.8) is 0 Å². The van der Waals surface area contributed by atoms with Crippen LogP contribution in [0.2, 0.25) is 0 Å². The molecule has 1 aliphatic carbocycles. The molecule has 2 aliphatic rings. The molecule has 0 atom stereocenters. The Kier molecular flexibility index (Phi) is 9.97. The third kappa shape index (κ3) is 8.56. The number of halogens is 3. The fourth-order valence-corrected chi connectivity index (χ4v) is 5.14. The van der Waals surface area contributed by atoms with E-state index in [0.29, 0.717) is 35.2 Å². The molecule has 4 heterocycles. The van der Waals surface area contributed by atoms with Gasteiger partial charge in [0.05, 0.1) is 54.4 Å². The first-order valence-corrected chi connectivity index (χ1v) is 15.2. The van der Waals surface area contributed by atoms with Crippen molar-refractivity contribution in [2.24, 2.45) is 0 Å². The van der Waals surface area contributed by atoms with Crippen LogP contribution < -0.4 is 5.32 Å². The number of pyridine rings is 2. The normalized spacial score (nSPS) is 20.0. The number of nitrogens with zero attached hydrogens (tertiary/aromatic N) is 5. The van der Waals surface area contributed by atoms with Gasteiger partial charge in [0.1, 0.15) is 0 Å². The van der Waals surface area contributed by atoms with E-state index in [0.717, 1.165) is 69.9 Å². The molecule has 2 fully saturated rings. The Balaban J connectivity index is 0.000000748. The van der Waals surface area contributed by atoms with E-state index in [1.54, 1.807) is 13.1 Å². The molecule has 0 aromatic carbocycles. The smallest absolute Gasteiger partial charge is 0.379 e. The van der Waals surface area contributed by atoms with Crippen molar-refractivity contribution in [1.82, 2.24) is 24.6 Å². The Bertz CT molecular complexity index is 1440. The molecule has 15 heteroatoms. The summed E-state index contributed by atoms with van der Waals surface area (Å²) in [6.45, 7) is 5.33. The maximum atomic E-state index is 12.9. The summed E-state index contributed by atoms with van der Waals surface area (Å²) in [5.74, 6) is 0.230. The summed E-state index contributed by atoms with van der Waals surface area (Å²) in [4.78, 5) is 23.9. The highest BCUT2D eigenvalue weighted by molar-refractivity contribution is 7.85. The first-order chi connectivity index (χ1) is 19.8. The maximum Gasteiger partial charge on any atom is 0.417 e. The van der Waals surface area contributed by atoms with E-state index in [9.17, 15) is 26.4 Å². The minimum absolute atomic E-state index is 0.193. The highest BCUT2D eigenvalue weighted by Crippen LogP contribution is 2.34. The van der Waals surface area contributed by atoms with E-state index < -0.39 is 21.9 Å². The number of ether oxygens (including phenoxy) is 1. The second kappa shape index (κ2) is 13.3. The van der Waals surface area contributed by atoms with Crippen LogP contribution in [0.25, 0.3) is 5.82 Å². The molecule has 3 aromatic rings. The quantitative estimate of drug-likeness (QED) is 0.409. The Hall–Kier alpha value is -3.40. The zero-order valence-corrected chi connectivity index (χ0v) is 24.0. The topological polar surface area (TPSA) is 140 Å². The number of alkyl halides is 3. The van der Waals surface area contributed by atoms with Gasteiger partial charge in [0, 0.05) is 36.9 Å². The largest absolute Gasteiger partial charge is 0.417 e. The van der Waals surface area contributed by atoms with Crippen molar-refractivity contribution in [1.29, 1.82) is 0 Å². The van der Waals surface area contributed by atoms with Crippen molar-refractivity contribution in [3.05, 3.63) is 65.4 Å². The standard InChI is InChI=1S/C26H29F3N6O2.CH4O3S/c1-17-22(16-32-35(17)24-9-4-19(14-31-24)26(27,28)29)25(36)33-20-5-8-23(30-15-20)18-2-6-21(7-3-18)34-10-12-37-13-11-34;1-5(2,3)4/h4-5,8-9,14-16,18,21H,2-3,6-7,10-13H2,1H3,(H,33,36);1H3,(H,2,3,4). The summed E-state index contributed by atoms with van der Waals surface area (Å²) in [5.41, 5.74) is 1.52. The summed E-state index contributed by atoms with van der Waals surface area (Å²) in [5, 5.41) is 6.97. The predicted molar refractivity (Wildman–Crippen MR) is 148 cm³/mol. The molecule has 0 radical (unpaired) electrons. The van der Waals surface area contributed by atoms with Gasteiger partial charge in [-0.2, -0.15) is 26.7 Å². The van der Waals surface area contributed by atoms with Crippen LogP contribution in [0.4, 0.5) is 18.9 Å². The highest BCUT2D eigenvalue weighted by atomic mass is 32.2. The van der Waals surface area contributed by atoms with Gasteiger partial charge in [0.2, 0.25) is 0 Å². The number of rotatable bonds is 5. The molecule has 1 saturated heterocycles. The van der Waals surface area contributed by atoms with Crippen molar-refractivity contribution in [2.45, 2.75) is 50.7 Å². The van der Waals surface area contributed by atoms with E-state index in [4.69, 9.17) is 9.29 Å². The molecule has 1 aliphatic heterocycles. The van der Waals surface area contributed by atoms with E-state index in [1.807, 2.05) is 12.1 Å². The molecule has 5 rings (SSSR count). The molecule has 228 valence electrons. The first kappa shape index (κ1) is 31.5. The minimum atomic E-state index is -4.47. The Morgan fingerprint density at radius 1 is 1.02 bits per heavy atom. The molecule has 11 nitrogen and oxygen atoms in total. The molecule has 1 saturated carbocycles. The highest BCUT2D eigenvalue weighted by Gasteiger charge is 2.31. The van der Waals surface area contributed by atoms with Crippen molar-refractivity contribution in [3.8, 4) is 5.82 Å². The number of hydrogen-bond donors (Lipinski definition) is 2. The lowest BCUT2D eigenvalue weighted by atomic mass is 9.83. The third-order valence-electron chi connectivity index (χ3n) is 7.27. The second-order valence-electron chi connectivity index (χ2n) is 10.3. The van der Waals surface area contributed by atoms with Crippen LogP contribution in [0, 0.1) is 6.92 Å². The number of carbonyl (C=O) groups is 1. The van der Waals surface area contributed by atoms with Gasteiger partial charge < -0.3 is 10.1 Å². The van der Waals surface area contributed by atoms with Gasteiger partial charge >= 0.3 is 6.18 Å². The van der Waals surface area contributed by atoms with Crippen molar-refractivity contribution in [2.75, 3.05) is 37.9 Å². The zero-order valence-electron chi connectivity index (χ0n) is 23.2. The molecule has 0 spiro atoms. The van der Waals surface area contributed by atoms with Gasteiger partial charge in [-0.05, 0) is 56.9 Å². The van der Waals surface area contributed by atoms with Crippen LogP contribution in [-0.4, -0.2) is 82.1 Å². The summed E-state index contributed by atoms with van der Waals surface area (Å²) >= 11 is 0. The molecule has 1 amide bonds. The average molecular weight is 611 g/mol. The predicted octanol–water partition coefficient (Wildman–Crippen LogP) is 4.10. The van der Waals surface area contributed by atoms with Gasteiger partial charge in [-0.3, -0.25) is 19.2 Å². The van der Waals surface area contributed by atoms with Gasteiger partial charge in [0.15, 0.2) is 5.82 Å². The number of carbonyl (C=O) groups excluding carboxylic acids is 1. The Morgan fingerprint density at radius 3 is 2.24 bits per heavy atom. The van der Waals surface area contributed by atoms with Gasteiger partial charge in [0.25, 0.3) is 16.0 Å². The average Bonchev–Trinajstić information content (AvgIpc) is 3.34. The Morgan fingerprint density at radius 2 is 1.69 bits per heavy atom. The SMILES string of the molecule is CS(=O)(=O)O.Cc1c(C(=O)Nc2ccc(C3CCC(N4CCOCC4)CC3)nc2)cnn1-c1ccc(C(F)(F)F)cn1. The van der Waals surface area contributed by atoms with Crippen molar-refractivity contribution < 1.29 is 35.7 Å². The van der Waals surface area contributed by atoms with Gasteiger partial charge in [-0.25, -0.2) is 9.67 Å². The summed E-state index contributed by atoms with van der Waals surface area (Å²) < 4.78 is 71.1. The fourth-order valence-electron chi connectivity index (χ4n) is 5.14. The zero-order chi connectivity index (χ0) is 30.5. The third-order valence-corrected chi connectivity index (χ3v) is 7.27. The maximum absolute atomic E-state index is 12.9. The number of aromatic nitrogens is 4. The number of anilines is 1. The molecule has 42 heavy (non-hydrogen) atoms. The van der Waals surface area contributed by atoms with Crippen LogP contribution in [0.1, 0.15) is 58.9 Å². The number of hydrogen-bond acceptors (Lipinski definition) is 8. The number of amides is 1. The number of morpholine rings is 1. The number of nitrogens with one attached hydrogen (secondary N) is 1. The van der Waals surface area contributed by atoms with Crippen LogP contribution in [0.15, 0.2) is 42.9 Å². The van der Waals surface area contributed by atoms with E-state index in [1.165, 1.54) is 16.9 Å². The van der Waals surface area contributed by atoms with Crippen LogP contribution in [0.3, 0.4) is 0 Å². The molecular formula is C27H33F3N6O5S. The van der Waals surface area contributed by atoms with Crippen LogP contribution >= 0.6 is 0 Å². The van der Waals surface area contributed by atoms with Crippen LogP contribution in [-0.2, 0) is 21.0 Å². The minimum Gasteiger partial charge on any atom is -0.379 e. The fraction of sp³-hybridized carbons (Fsp3) is 0.481. The van der Waals surface area contributed by atoms with Crippen LogP contribution in [0.5, 0.6) is 0 Å². The molecular weight excluding hydrogens is 577 g/mol. The summed E-state index contributed by atoms with van der Waals surface area (Å²) in [6.07, 6.45) is 4.53. The van der Waals surface area contributed by atoms with E-state index in [-0.39, 0.29) is 11.7 Å². The van der Waals surface area contributed by atoms with E-state index in [2.05, 4.69) is 25.3 Å². The monoisotopic (exact) mass is 610 g/mol. The lowest BCUT2D eigenvalue weighted by molar-refractivity contribution is -0.137. The molecule has 0 bridgehead atoms. The Labute approximate surface area is 241 Å². The van der Waals surface area contributed by atoms with E-state index >= 15 is 0 Å². The first-order valence-electron chi connectivity index (χ1n) is 13.4. The lowest BCUT2D eigenvalue weighted by Gasteiger charge is -2.38. The lowest BCUT2D eigenvalue weighted by Crippen LogP contribution is -2.44.